The molecule has 31 heavy (non-hydrogen) atoms. The fraction of sp³-hybridized carbons (Fsp3) is 0.429. The van der Waals surface area contributed by atoms with Crippen molar-refractivity contribution in [3.05, 3.63) is 46.6 Å². The van der Waals surface area contributed by atoms with E-state index in [1.54, 1.807) is 11.1 Å². The molecule has 8 nitrogen and oxygen atoms in total. The van der Waals surface area contributed by atoms with Crippen LogP contribution in [0, 0.1) is 12.2 Å². The molecule has 4 bridgehead atoms. The first-order chi connectivity index (χ1) is 13.8. The molecule has 0 aromatic carbocycles. The van der Waals surface area contributed by atoms with E-state index in [1.807, 2.05) is 0 Å². The fourth-order valence-corrected chi connectivity index (χ4v) is 2.43. The van der Waals surface area contributed by atoms with Crippen LogP contribution in [0.15, 0.2) is 34.4 Å². The first-order valence-corrected chi connectivity index (χ1v) is 8.42. The molecule has 4 rings (SSSR count). The van der Waals surface area contributed by atoms with E-state index in [2.05, 4.69) is 24.3 Å². The minimum Gasteiger partial charge on any atom is -0.398 e. The number of hydrogen-bond acceptors (Lipinski definition) is 8. The van der Waals surface area contributed by atoms with Crippen LogP contribution >= 0.6 is 0 Å². The zero-order valence-corrected chi connectivity index (χ0v) is 17.8. The summed E-state index contributed by atoms with van der Waals surface area (Å²) in [4.78, 5) is 0. The smallest absolute Gasteiger partial charge is 0.398 e. The van der Waals surface area contributed by atoms with Gasteiger partial charge in [-0.3, -0.25) is 29.4 Å². The van der Waals surface area contributed by atoms with Crippen LogP contribution in [-0.2, 0) is 19.5 Å². The third kappa shape index (κ3) is 29.2. The quantitative estimate of drug-likeness (QED) is 0.115. The first-order valence-electron chi connectivity index (χ1n) is 8.42. The predicted molar refractivity (Wildman–Crippen MR) is 103 cm³/mol. The minimum absolute atomic E-state index is 0. The van der Waals surface area contributed by atoms with Crippen LogP contribution in [0.2, 0.25) is 0 Å². The summed E-state index contributed by atoms with van der Waals surface area (Å²) in [6, 6.07) is 0. The molecular weight excluding hydrogens is 518 g/mol. The number of hydrogen-bond donors (Lipinski definition) is 8. The van der Waals surface area contributed by atoms with Crippen molar-refractivity contribution >= 4 is 29.6 Å². The van der Waals surface area contributed by atoms with E-state index in [4.69, 9.17) is 40.2 Å². The van der Waals surface area contributed by atoms with Crippen LogP contribution in [0.25, 0.3) is 0 Å². The van der Waals surface area contributed by atoms with Crippen LogP contribution in [0.1, 0.15) is 38.5 Å². The Labute approximate surface area is 191 Å². The van der Waals surface area contributed by atoms with Crippen molar-refractivity contribution in [2.45, 2.75) is 38.5 Å². The minimum atomic E-state index is -2.67. The molecule has 0 aromatic heterocycles. The molecule has 0 heterocycles. The van der Waals surface area contributed by atoms with Crippen molar-refractivity contribution in [2.24, 2.45) is 0 Å². The van der Waals surface area contributed by atoms with Crippen LogP contribution < -0.4 is 0 Å². The first kappa shape index (κ1) is 34.8. The van der Waals surface area contributed by atoms with Crippen molar-refractivity contribution in [3.63, 3.8) is 0 Å². The average Bonchev–Trinajstić information content (AvgIpc) is 3.36. The SMILES string of the molecule is OB(O)F.OB(O)F.OB(O)F.OB(O)F.[C-]1=C2CCC(=C1)C2.[C-]1=C2CCC(=C1)C2.[Rh+2]. The Balaban J connectivity index is -0.000000311. The molecule has 2 saturated carbocycles. The average molecular weight is 540 g/mol. The molecule has 0 amide bonds. The van der Waals surface area contributed by atoms with Crippen molar-refractivity contribution in [3.8, 4) is 0 Å². The fourth-order valence-electron chi connectivity index (χ4n) is 2.43. The molecule has 4 aliphatic rings. The van der Waals surface area contributed by atoms with Gasteiger partial charge in [-0.25, -0.2) is 23.3 Å². The van der Waals surface area contributed by atoms with Gasteiger partial charge in [-0.2, -0.15) is 11.1 Å². The molecule has 0 aliphatic heterocycles. The van der Waals surface area contributed by atoms with Gasteiger partial charge < -0.3 is 40.2 Å². The van der Waals surface area contributed by atoms with Gasteiger partial charge in [0.2, 0.25) is 0 Å². The van der Waals surface area contributed by atoms with Gasteiger partial charge in [0.05, 0.1) is 0 Å². The molecule has 4 aliphatic carbocycles. The monoisotopic (exact) mass is 541 g/mol. The van der Waals surface area contributed by atoms with Crippen molar-refractivity contribution in [2.75, 3.05) is 0 Å². The zero-order valence-electron chi connectivity index (χ0n) is 16.1. The molecule has 0 atom stereocenters. The van der Waals surface area contributed by atoms with Crippen LogP contribution in [0.4, 0.5) is 17.3 Å². The molecule has 8 N–H and O–H groups in total. The summed E-state index contributed by atoms with van der Waals surface area (Å²) in [6.07, 6.45) is 18.4. The van der Waals surface area contributed by atoms with Crippen LogP contribution in [0.5, 0.6) is 0 Å². The summed E-state index contributed by atoms with van der Waals surface area (Å²) < 4.78 is 40.4. The second-order valence-electron chi connectivity index (χ2n) is 5.70. The van der Waals surface area contributed by atoms with Crippen molar-refractivity contribution < 1.29 is 76.9 Å². The van der Waals surface area contributed by atoms with Crippen molar-refractivity contribution in [1.82, 2.24) is 0 Å². The van der Waals surface area contributed by atoms with E-state index in [0.717, 1.165) is 0 Å². The Morgan fingerprint density at radius 3 is 0.806 bits per heavy atom. The Bertz CT molecular complexity index is 484. The molecule has 0 saturated heterocycles. The molecule has 17 heteroatoms. The number of halogens is 4. The maximum atomic E-state index is 10.1. The summed E-state index contributed by atoms with van der Waals surface area (Å²) in [6.45, 7) is 0. The molecule has 0 unspecified atom stereocenters. The molecule has 0 spiro atoms. The number of rotatable bonds is 0. The standard InChI is InChI=1S/2C7H7.4BFH2O2.Rh/c2*1-2-7-4-3-6(1)5-7;4*2-1(3)4;/h2*1H,3-5H2;4*3-4H;/q2*-1;;;;;+2. The zero-order chi connectivity index (χ0) is 23.7. The molecule has 1 radical (unpaired) electrons. The van der Waals surface area contributed by atoms with E-state index in [0.29, 0.717) is 0 Å². The Morgan fingerprint density at radius 2 is 0.774 bits per heavy atom. The van der Waals surface area contributed by atoms with E-state index >= 15 is 0 Å². The van der Waals surface area contributed by atoms with Gasteiger partial charge >= 0.3 is 49.1 Å². The van der Waals surface area contributed by atoms with Gasteiger partial charge in [-0.05, 0) is 0 Å². The third-order valence-electron chi connectivity index (χ3n) is 3.34. The number of fused-ring (bicyclic) bond motifs is 4. The maximum Gasteiger partial charge on any atom is 2.00 e. The topological polar surface area (TPSA) is 162 Å². The van der Waals surface area contributed by atoms with Gasteiger partial charge in [-0.1, -0.05) is 38.5 Å². The predicted octanol–water partition coefficient (Wildman–Crippen LogP) is -0.621. The summed E-state index contributed by atoms with van der Waals surface area (Å²) in [5.41, 5.74) is 6.23. The summed E-state index contributed by atoms with van der Waals surface area (Å²) in [5, 5.41) is 55.6. The number of allylic oxidation sites excluding steroid dienone is 8. The summed E-state index contributed by atoms with van der Waals surface area (Å²) in [7, 11) is -10.7. The van der Waals surface area contributed by atoms with Gasteiger partial charge in [0, 0.05) is 0 Å². The molecular formula is C14H22B4F4O8Rh. The second kappa shape index (κ2) is 21.1. The van der Waals surface area contributed by atoms with E-state index < -0.39 is 29.6 Å². The van der Waals surface area contributed by atoms with E-state index in [1.165, 1.54) is 49.7 Å². The summed E-state index contributed by atoms with van der Waals surface area (Å²) >= 11 is 0. The van der Waals surface area contributed by atoms with E-state index in [-0.39, 0.29) is 19.5 Å². The van der Waals surface area contributed by atoms with Crippen LogP contribution in [0.3, 0.4) is 0 Å². The Morgan fingerprint density at radius 1 is 0.548 bits per heavy atom. The van der Waals surface area contributed by atoms with Gasteiger partial charge in [0.25, 0.3) is 0 Å². The molecule has 0 aromatic rings. The second-order valence-corrected chi connectivity index (χ2v) is 5.70. The third-order valence-corrected chi connectivity index (χ3v) is 3.34. The molecule has 175 valence electrons. The maximum absolute atomic E-state index is 10.1. The van der Waals surface area contributed by atoms with Crippen LogP contribution in [-0.4, -0.2) is 69.8 Å². The molecule has 2 fully saturated rings. The summed E-state index contributed by atoms with van der Waals surface area (Å²) in [5.74, 6) is 0. The van der Waals surface area contributed by atoms with Gasteiger partial charge in [0.15, 0.2) is 0 Å². The Hall–Kier alpha value is -0.757. The largest absolute Gasteiger partial charge is 2.00 e. The Kier molecular flexibility index (Phi) is 23.7. The normalized spacial score (nSPS) is 14.8. The van der Waals surface area contributed by atoms with Crippen molar-refractivity contribution in [1.29, 1.82) is 0 Å². The van der Waals surface area contributed by atoms with E-state index in [9.17, 15) is 17.3 Å². The van der Waals surface area contributed by atoms with Gasteiger partial charge in [0.1, 0.15) is 0 Å². The van der Waals surface area contributed by atoms with Gasteiger partial charge in [-0.15, -0.1) is 0 Å².